The van der Waals surface area contributed by atoms with Gasteiger partial charge in [-0.2, -0.15) is 10.1 Å². The number of aliphatic carboxylic acids is 1. The second-order valence-corrected chi connectivity index (χ2v) is 10.2. The molecule has 1 heterocycles. The molecule has 3 aromatic carbocycles. The Hall–Kier alpha value is -1.90. The normalized spacial score (nSPS) is 15.0. The van der Waals surface area contributed by atoms with Crippen LogP contribution in [0.1, 0.15) is 0 Å². The predicted molar refractivity (Wildman–Crippen MR) is 118 cm³/mol. The standard InChI is InChI=1S/C20H16N4O10S2.2Li.Na/c25-16-9-14(36(32,33)34)8-10-7-11(1-6-15(10)16)21-22-17-18(20(27)28)23-24(19(17)26)12-2-4-13(5-3-12)35(29,30)31;;;/h1-9,17,21-22,25H,(H,27,28)(H,29,30,31)(H,32,33,34);;;/q;3*+1/p-3. The Balaban J connectivity index is 0.00000253. The first-order valence-electron chi connectivity index (χ1n) is 9.70. The third kappa shape index (κ3) is 7.65. The number of nitrogens with zero attached hydrogens (tertiary/aromatic N) is 2. The average Bonchev–Trinajstić information content (AvgIpc) is 3.12. The molecule has 39 heavy (non-hydrogen) atoms. The van der Waals surface area contributed by atoms with Crippen LogP contribution in [0, 0.1) is 0 Å². The van der Waals surface area contributed by atoms with Gasteiger partial charge in [0.25, 0.3) is 5.91 Å². The van der Waals surface area contributed by atoms with E-state index in [1.165, 1.54) is 18.2 Å². The molecule has 0 saturated heterocycles. The van der Waals surface area contributed by atoms with E-state index < -0.39 is 59.4 Å². The Kier molecular flexibility index (Phi) is 11.9. The number of hydrazone groups is 1. The Morgan fingerprint density at radius 1 is 0.923 bits per heavy atom. The number of amides is 1. The van der Waals surface area contributed by atoms with Gasteiger partial charge in [0.05, 0.1) is 21.4 Å². The maximum absolute atomic E-state index is 12.8. The van der Waals surface area contributed by atoms with Gasteiger partial charge in [-0.05, 0) is 60.0 Å². The molecule has 14 nitrogen and oxygen atoms in total. The zero-order chi connectivity index (χ0) is 26.4. The Bertz CT molecular complexity index is 1670. The minimum Gasteiger partial charge on any atom is -0.744 e. The maximum Gasteiger partial charge on any atom is 1.00 e. The summed E-state index contributed by atoms with van der Waals surface area (Å²) in [6.45, 7) is 0. The zero-order valence-electron chi connectivity index (χ0n) is 20.6. The molecule has 1 amide bonds. The first-order chi connectivity index (χ1) is 16.8. The van der Waals surface area contributed by atoms with Crippen molar-refractivity contribution in [2.24, 2.45) is 5.10 Å². The van der Waals surface area contributed by atoms with Crippen molar-refractivity contribution in [3.8, 4) is 5.75 Å². The van der Waals surface area contributed by atoms with E-state index in [4.69, 9.17) is 0 Å². The van der Waals surface area contributed by atoms with Crippen LogP contribution in [0.3, 0.4) is 0 Å². The number of carboxylic acid groups (broad SMARTS) is 1. The fourth-order valence-electron chi connectivity index (χ4n) is 3.38. The van der Waals surface area contributed by atoms with Crippen molar-refractivity contribution in [3.63, 3.8) is 0 Å². The summed E-state index contributed by atoms with van der Waals surface area (Å²) in [5, 5.41) is 26.3. The SMILES string of the molecule is O=C([O-])C1=NN(c2ccc(S(=O)(=O)[O-])cc2)C(=O)C1NNc1ccc2c(O)cc(S(=O)(=O)[O-])cc2c1.[Li+].[Li+].[Na+]. The number of phenolic OH excluding ortho intramolecular Hbond substituents is 1. The summed E-state index contributed by atoms with van der Waals surface area (Å²) in [6.07, 6.45) is 0. The topological polar surface area (TPSA) is 231 Å². The van der Waals surface area contributed by atoms with E-state index in [0.29, 0.717) is 5.01 Å². The second kappa shape index (κ2) is 13.2. The van der Waals surface area contributed by atoms with Crippen LogP contribution in [0.15, 0.2) is 69.5 Å². The van der Waals surface area contributed by atoms with Gasteiger partial charge in [0.2, 0.25) is 0 Å². The van der Waals surface area contributed by atoms with E-state index in [-0.39, 0.29) is 89.4 Å². The van der Waals surface area contributed by atoms with Crippen molar-refractivity contribution in [3.05, 3.63) is 54.6 Å². The molecule has 0 aromatic heterocycles. The number of anilines is 2. The zero-order valence-corrected chi connectivity index (χ0v) is 24.2. The van der Waals surface area contributed by atoms with Crippen LogP contribution in [0.2, 0.25) is 0 Å². The third-order valence-electron chi connectivity index (χ3n) is 5.07. The number of carbonyl (C=O) groups is 2. The van der Waals surface area contributed by atoms with Crippen molar-refractivity contribution in [1.29, 1.82) is 0 Å². The van der Waals surface area contributed by atoms with Crippen LogP contribution < -0.4 is 88.2 Å². The number of hydrogen-bond acceptors (Lipinski definition) is 13. The number of carbonyl (C=O) groups excluding carboxylic acids is 2. The van der Waals surface area contributed by atoms with Gasteiger partial charge in [0.1, 0.15) is 31.7 Å². The molecule has 188 valence electrons. The maximum atomic E-state index is 12.8. The molecule has 19 heteroatoms. The summed E-state index contributed by atoms with van der Waals surface area (Å²) in [5.41, 5.74) is 4.48. The number of carboxylic acids is 1. The van der Waals surface area contributed by atoms with E-state index in [1.807, 2.05) is 0 Å². The van der Waals surface area contributed by atoms with Gasteiger partial charge in [0, 0.05) is 11.1 Å². The van der Waals surface area contributed by atoms with Crippen LogP contribution in [0.4, 0.5) is 11.4 Å². The van der Waals surface area contributed by atoms with Gasteiger partial charge < -0.3 is 29.5 Å². The molecule has 0 spiro atoms. The molecular weight excluding hydrogens is 557 g/mol. The monoisotopic (exact) mass is 570 g/mol. The van der Waals surface area contributed by atoms with Crippen LogP contribution in [0.25, 0.3) is 10.8 Å². The largest absolute Gasteiger partial charge is 1.00 e. The first-order valence-corrected chi connectivity index (χ1v) is 12.5. The van der Waals surface area contributed by atoms with Crippen molar-refractivity contribution in [2.45, 2.75) is 15.8 Å². The summed E-state index contributed by atoms with van der Waals surface area (Å²) >= 11 is 0. The van der Waals surface area contributed by atoms with E-state index in [2.05, 4.69) is 16.0 Å². The molecular formula is C20H13Li2N4NaO10S2. The Morgan fingerprint density at radius 2 is 1.51 bits per heavy atom. The number of fused-ring (bicyclic) bond motifs is 1. The van der Waals surface area contributed by atoms with Gasteiger partial charge >= 0.3 is 67.3 Å². The minimum atomic E-state index is -4.86. The minimum absolute atomic E-state index is 0. The summed E-state index contributed by atoms with van der Waals surface area (Å²) in [5.74, 6) is -3.12. The molecule has 1 unspecified atom stereocenters. The number of hydrogen-bond donors (Lipinski definition) is 3. The van der Waals surface area contributed by atoms with E-state index in [1.54, 1.807) is 0 Å². The van der Waals surface area contributed by atoms with Crippen LogP contribution in [-0.2, 0) is 29.8 Å². The van der Waals surface area contributed by atoms with Gasteiger partial charge in [0.15, 0.2) is 6.04 Å². The quantitative estimate of drug-likeness (QED) is 0.137. The molecule has 4 rings (SSSR count). The Labute approximate surface area is 267 Å². The van der Waals surface area contributed by atoms with Gasteiger partial charge in [-0.3, -0.25) is 4.79 Å². The van der Waals surface area contributed by atoms with Crippen molar-refractivity contribution < 1.29 is 113 Å². The molecule has 3 N–H and O–H groups in total. The van der Waals surface area contributed by atoms with Crippen molar-refractivity contribution in [2.75, 3.05) is 10.4 Å². The fourth-order valence-corrected chi connectivity index (χ4v) is 4.38. The molecule has 0 saturated carbocycles. The number of benzene rings is 3. The van der Waals surface area contributed by atoms with Gasteiger partial charge in [-0.15, -0.1) is 0 Å². The average molecular weight is 570 g/mol. The number of phenols is 1. The number of hydrazine groups is 1. The molecule has 1 atom stereocenters. The molecule has 1 aliphatic heterocycles. The predicted octanol–water partition coefficient (Wildman–Crippen LogP) is -10.2. The van der Waals surface area contributed by atoms with Crippen LogP contribution in [-0.4, -0.2) is 54.7 Å². The summed E-state index contributed by atoms with van der Waals surface area (Å²) in [6, 6.07) is 8.43. The summed E-state index contributed by atoms with van der Waals surface area (Å²) in [4.78, 5) is 23.2. The molecule has 3 aromatic rings. The molecule has 0 bridgehead atoms. The summed E-state index contributed by atoms with van der Waals surface area (Å²) < 4.78 is 67.2. The second-order valence-electron chi connectivity index (χ2n) is 7.41. The van der Waals surface area contributed by atoms with E-state index in [0.717, 1.165) is 36.4 Å². The first kappa shape index (κ1) is 35.1. The smallest absolute Gasteiger partial charge is 0.744 e. The fraction of sp³-hybridized carbons (Fsp3) is 0.0500. The number of rotatable bonds is 7. The van der Waals surface area contributed by atoms with E-state index >= 15 is 0 Å². The molecule has 1 aliphatic rings. The van der Waals surface area contributed by atoms with E-state index in [9.17, 15) is 45.7 Å². The van der Waals surface area contributed by atoms with Gasteiger partial charge in [-0.25, -0.2) is 22.3 Å². The Morgan fingerprint density at radius 3 is 2.05 bits per heavy atom. The molecule has 0 aliphatic carbocycles. The molecule has 0 radical (unpaired) electrons. The van der Waals surface area contributed by atoms with Crippen molar-refractivity contribution in [1.82, 2.24) is 5.43 Å². The summed E-state index contributed by atoms with van der Waals surface area (Å²) in [7, 11) is -9.60. The van der Waals surface area contributed by atoms with Crippen LogP contribution in [0.5, 0.6) is 5.75 Å². The van der Waals surface area contributed by atoms with Crippen molar-refractivity contribution >= 4 is 60.0 Å². The van der Waals surface area contributed by atoms with Crippen LogP contribution >= 0.6 is 0 Å². The van der Waals surface area contributed by atoms with Gasteiger partial charge in [-0.1, -0.05) is 0 Å². The number of nitrogens with one attached hydrogen (secondary N) is 2. The third-order valence-corrected chi connectivity index (χ3v) is 6.73. The number of aromatic hydroxyl groups is 1. The molecule has 0 fully saturated rings.